The predicted octanol–water partition coefficient (Wildman–Crippen LogP) is 3.87. The van der Waals surface area contributed by atoms with Crippen molar-refractivity contribution in [3.63, 3.8) is 0 Å². The van der Waals surface area contributed by atoms with Crippen LogP contribution in [0.25, 0.3) is 0 Å². The fourth-order valence-electron chi connectivity index (χ4n) is 1.77. The van der Waals surface area contributed by atoms with Gasteiger partial charge in [0.2, 0.25) is 0 Å². The summed E-state index contributed by atoms with van der Waals surface area (Å²) in [5, 5.41) is 10.8. The first kappa shape index (κ1) is 12.1. The molecule has 0 saturated carbocycles. The van der Waals surface area contributed by atoms with Gasteiger partial charge in [0.15, 0.2) is 0 Å². The van der Waals surface area contributed by atoms with Gasteiger partial charge in [0, 0.05) is 5.02 Å². The molecule has 0 aliphatic rings. The van der Waals surface area contributed by atoms with Gasteiger partial charge in [-0.15, -0.1) is 0 Å². The van der Waals surface area contributed by atoms with Crippen LogP contribution in [0.1, 0.15) is 22.8 Å². The second kappa shape index (κ2) is 4.86. The molecule has 1 unspecified atom stereocenters. The van der Waals surface area contributed by atoms with E-state index in [1.807, 2.05) is 6.92 Å². The monoisotopic (exact) mass is 250 g/mol. The van der Waals surface area contributed by atoms with Crippen molar-refractivity contribution in [2.75, 3.05) is 0 Å². The number of aryl methyl sites for hydroxylation is 1. The Morgan fingerprint density at radius 2 is 1.76 bits per heavy atom. The van der Waals surface area contributed by atoms with Gasteiger partial charge in [0.05, 0.1) is 0 Å². The summed E-state index contributed by atoms with van der Waals surface area (Å²) in [5.41, 5.74) is 2.35. The number of hydrogen-bond acceptors (Lipinski definition) is 1. The summed E-state index contributed by atoms with van der Waals surface area (Å²) in [6, 6.07) is 11.1. The lowest BCUT2D eigenvalue weighted by Gasteiger charge is -2.14. The third-order valence-electron chi connectivity index (χ3n) is 2.71. The van der Waals surface area contributed by atoms with E-state index in [-0.39, 0.29) is 5.82 Å². The third kappa shape index (κ3) is 2.65. The van der Waals surface area contributed by atoms with Gasteiger partial charge >= 0.3 is 0 Å². The summed E-state index contributed by atoms with van der Waals surface area (Å²) in [4.78, 5) is 0. The zero-order valence-corrected chi connectivity index (χ0v) is 10.1. The average Bonchev–Trinajstić information content (AvgIpc) is 2.29. The normalized spacial score (nSPS) is 12.5. The minimum absolute atomic E-state index is 0.311. The molecule has 0 aliphatic heterocycles. The SMILES string of the molecule is Cc1cc(Cl)ccc1C(O)c1ccc(F)cc1. The molecule has 2 rings (SSSR count). The van der Waals surface area contributed by atoms with Gasteiger partial charge in [0.1, 0.15) is 11.9 Å². The largest absolute Gasteiger partial charge is 0.384 e. The molecule has 0 spiro atoms. The van der Waals surface area contributed by atoms with E-state index in [0.29, 0.717) is 10.6 Å². The second-order valence-electron chi connectivity index (χ2n) is 3.95. The van der Waals surface area contributed by atoms with Crippen LogP contribution < -0.4 is 0 Å². The van der Waals surface area contributed by atoms with Gasteiger partial charge in [-0.1, -0.05) is 29.8 Å². The van der Waals surface area contributed by atoms with Crippen LogP contribution in [0.3, 0.4) is 0 Å². The second-order valence-corrected chi connectivity index (χ2v) is 4.39. The van der Waals surface area contributed by atoms with Crippen molar-refractivity contribution in [1.82, 2.24) is 0 Å². The highest BCUT2D eigenvalue weighted by atomic mass is 35.5. The van der Waals surface area contributed by atoms with Crippen LogP contribution in [-0.4, -0.2) is 5.11 Å². The van der Waals surface area contributed by atoms with E-state index in [1.165, 1.54) is 12.1 Å². The maximum atomic E-state index is 12.8. The van der Waals surface area contributed by atoms with Crippen LogP contribution >= 0.6 is 11.6 Å². The van der Waals surface area contributed by atoms with E-state index in [1.54, 1.807) is 30.3 Å². The van der Waals surface area contributed by atoms with Gasteiger partial charge in [-0.05, 0) is 47.9 Å². The smallest absolute Gasteiger partial charge is 0.123 e. The van der Waals surface area contributed by atoms with Gasteiger partial charge in [-0.2, -0.15) is 0 Å². The first-order chi connectivity index (χ1) is 8.08. The molecule has 3 heteroatoms. The summed E-state index contributed by atoms with van der Waals surface area (Å²) in [7, 11) is 0. The van der Waals surface area contributed by atoms with Crippen LogP contribution in [0.4, 0.5) is 4.39 Å². The van der Waals surface area contributed by atoms with Crippen LogP contribution in [-0.2, 0) is 0 Å². The van der Waals surface area contributed by atoms with Crippen LogP contribution in [0.15, 0.2) is 42.5 Å². The zero-order valence-electron chi connectivity index (χ0n) is 9.32. The molecule has 0 saturated heterocycles. The first-order valence-electron chi connectivity index (χ1n) is 5.27. The molecule has 1 atom stereocenters. The topological polar surface area (TPSA) is 20.2 Å². The Hall–Kier alpha value is -1.38. The molecule has 0 aromatic heterocycles. The van der Waals surface area contributed by atoms with Gasteiger partial charge < -0.3 is 5.11 Å². The summed E-state index contributed by atoms with van der Waals surface area (Å²) in [6.45, 7) is 1.88. The molecule has 0 fully saturated rings. The number of aliphatic hydroxyl groups excluding tert-OH is 1. The first-order valence-corrected chi connectivity index (χ1v) is 5.65. The van der Waals surface area contributed by atoms with Crippen molar-refractivity contribution in [2.24, 2.45) is 0 Å². The van der Waals surface area contributed by atoms with Crippen LogP contribution in [0.5, 0.6) is 0 Å². The number of benzene rings is 2. The molecule has 0 radical (unpaired) electrons. The molecule has 2 aromatic rings. The molecule has 0 aliphatic carbocycles. The minimum atomic E-state index is -0.757. The highest BCUT2D eigenvalue weighted by Crippen LogP contribution is 2.26. The molecule has 1 nitrogen and oxygen atoms in total. The van der Waals surface area contributed by atoms with E-state index in [4.69, 9.17) is 11.6 Å². The molecule has 0 heterocycles. The van der Waals surface area contributed by atoms with E-state index in [0.717, 1.165) is 11.1 Å². The average molecular weight is 251 g/mol. The zero-order chi connectivity index (χ0) is 12.4. The van der Waals surface area contributed by atoms with Crippen molar-refractivity contribution < 1.29 is 9.50 Å². The lowest BCUT2D eigenvalue weighted by molar-refractivity contribution is 0.219. The Balaban J connectivity index is 2.36. The molecular weight excluding hydrogens is 239 g/mol. The molecular formula is C14H12ClFO. The quantitative estimate of drug-likeness (QED) is 0.858. The summed E-state index contributed by atoms with van der Waals surface area (Å²) >= 11 is 5.86. The fraction of sp³-hybridized carbons (Fsp3) is 0.143. The maximum absolute atomic E-state index is 12.8. The summed E-state index contributed by atoms with van der Waals surface area (Å²) < 4.78 is 12.8. The van der Waals surface area contributed by atoms with E-state index in [2.05, 4.69) is 0 Å². The third-order valence-corrected chi connectivity index (χ3v) is 2.95. The van der Waals surface area contributed by atoms with E-state index >= 15 is 0 Å². The molecule has 17 heavy (non-hydrogen) atoms. The van der Waals surface area contributed by atoms with Crippen molar-refractivity contribution in [2.45, 2.75) is 13.0 Å². The summed E-state index contributed by atoms with van der Waals surface area (Å²) in [5.74, 6) is -0.311. The predicted molar refractivity (Wildman–Crippen MR) is 66.7 cm³/mol. The van der Waals surface area contributed by atoms with Gasteiger partial charge in [-0.25, -0.2) is 4.39 Å². The Morgan fingerprint density at radius 3 is 2.35 bits per heavy atom. The number of hydrogen-bond donors (Lipinski definition) is 1. The van der Waals surface area contributed by atoms with E-state index < -0.39 is 6.10 Å². The Bertz CT molecular complexity index is 522. The molecule has 1 N–H and O–H groups in total. The molecule has 0 bridgehead atoms. The summed E-state index contributed by atoms with van der Waals surface area (Å²) in [6.07, 6.45) is -0.757. The maximum Gasteiger partial charge on any atom is 0.123 e. The van der Waals surface area contributed by atoms with Crippen LogP contribution in [0.2, 0.25) is 5.02 Å². The highest BCUT2D eigenvalue weighted by molar-refractivity contribution is 6.30. The van der Waals surface area contributed by atoms with Crippen molar-refractivity contribution in [3.8, 4) is 0 Å². The van der Waals surface area contributed by atoms with Crippen molar-refractivity contribution in [1.29, 1.82) is 0 Å². The van der Waals surface area contributed by atoms with Crippen molar-refractivity contribution in [3.05, 3.63) is 70.0 Å². The van der Waals surface area contributed by atoms with Gasteiger partial charge in [-0.3, -0.25) is 0 Å². The molecule has 2 aromatic carbocycles. The molecule has 0 amide bonds. The molecule has 88 valence electrons. The minimum Gasteiger partial charge on any atom is -0.384 e. The van der Waals surface area contributed by atoms with Crippen molar-refractivity contribution >= 4 is 11.6 Å². The highest BCUT2D eigenvalue weighted by Gasteiger charge is 2.12. The van der Waals surface area contributed by atoms with E-state index in [9.17, 15) is 9.50 Å². The Morgan fingerprint density at radius 1 is 1.12 bits per heavy atom. The standard InChI is InChI=1S/C14H12ClFO/c1-9-8-11(15)4-7-13(9)14(17)10-2-5-12(16)6-3-10/h2-8,14,17H,1H3. The number of aliphatic hydroxyl groups is 1. The van der Waals surface area contributed by atoms with Crippen LogP contribution in [0, 0.1) is 12.7 Å². The lowest BCUT2D eigenvalue weighted by Crippen LogP contribution is -2.01. The Labute approximate surface area is 104 Å². The van der Waals surface area contributed by atoms with Gasteiger partial charge in [0.25, 0.3) is 0 Å². The number of rotatable bonds is 2. The fourth-order valence-corrected chi connectivity index (χ4v) is 2.00. The Kier molecular flexibility index (Phi) is 3.46. The lowest BCUT2D eigenvalue weighted by atomic mass is 9.98. The number of halogens is 2.